The van der Waals surface area contributed by atoms with E-state index < -0.39 is 0 Å². The van der Waals surface area contributed by atoms with Gasteiger partial charge in [0.15, 0.2) is 0 Å². The van der Waals surface area contributed by atoms with Crippen LogP contribution in [-0.2, 0) is 4.79 Å². The molecule has 1 rings (SSSR count). The van der Waals surface area contributed by atoms with E-state index in [4.69, 9.17) is 0 Å². The van der Waals surface area contributed by atoms with Crippen molar-refractivity contribution >= 4 is 17.5 Å². The third-order valence-corrected chi connectivity index (χ3v) is 3.48. The zero-order valence-electron chi connectivity index (χ0n) is 8.75. The fourth-order valence-corrected chi connectivity index (χ4v) is 2.52. The van der Waals surface area contributed by atoms with Gasteiger partial charge < -0.3 is 0 Å². The number of ketones is 1. The molecule has 76 valence electrons. The molecule has 1 unspecified atom stereocenters. The van der Waals surface area contributed by atoms with Gasteiger partial charge in [0.1, 0.15) is 5.78 Å². The minimum atomic E-state index is 0.185. The highest BCUT2D eigenvalue weighted by atomic mass is 32.2. The van der Waals surface area contributed by atoms with Crippen LogP contribution in [0.4, 0.5) is 0 Å². The first-order valence-electron chi connectivity index (χ1n) is 4.96. The highest BCUT2D eigenvalue weighted by molar-refractivity contribution is 7.99. The first kappa shape index (κ1) is 11.1. The van der Waals surface area contributed by atoms with Gasteiger partial charge in [-0.05, 0) is 0 Å². The summed E-state index contributed by atoms with van der Waals surface area (Å²) in [7, 11) is 0. The number of carbonyl (C=O) groups excluding carboxylic acids is 1. The molecule has 0 N–H and O–H groups in total. The summed E-state index contributed by atoms with van der Waals surface area (Å²) in [4.78, 5) is 13.8. The van der Waals surface area contributed by atoms with Crippen LogP contribution in [-0.4, -0.2) is 41.3 Å². The van der Waals surface area contributed by atoms with Crippen molar-refractivity contribution < 1.29 is 4.79 Å². The van der Waals surface area contributed by atoms with Gasteiger partial charge >= 0.3 is 0 Å². The summed E-state index contributed by atoms with van der Waals surface area (Å²) in [6.45, 7) is 8.99. The molecule has 0 aromatic rings. The monoisotopic (exact) mass is 201 g/mol. The van der Waals surface area contributed by atoms with E-state index in [1.165, 1.54) is 5.75 Å². The third-order valence-electron chi connectivity index (χ3n) is 2.35. The molecule has 0 aromatic heterocycles. The SMILES string of the molecule is CC1CN(CC(=O)C(C)C)CCS1. The lowest BCUT2D eigenvalue weighted by molar-refractivity contribution is -0.123. The molecule has 1 atom stereocenters. The van der Waals surface area contributed by atoms with Crippen LogP contribution < -0.4 is 0 Å². The Labute approximate surface area is 85.1 Å². The summed E-state index contributed by atoms with van der Waals surface area (Å²) in [5.41, 5.74) is 0. The van der Waals surface area contributed by atoms with Crippen molar-refractivity contribution in [3.8, 4) is 0 Å². The molecule has 0 aliphatic carbocycles. The minimum Gasteiger partial charge on any atom is -0.298 e. The summed E-state index contributed by atoms with van der Waals surface area (Å²) < 4.78 is 0. The second-order valence-corrected chi connectivity index (χ2v) is 5.58. The van der Waals surface area contributed by atoms with Gasteiger partial charge in [-0.2, -0.15) is 11.8 Å². The van der Waals surface area contributed by atoms with E-state index in [1.807, 2.05) is 25.6 Å². The average Bonchev–Trinajstić information content (AvgIpc) is 2.04. The predicted octanol–water partition coefficient (Wildman–Crippen LogP) is 1.65. The number of carbonyl (C=O) groups is 1. The number of hydrogen-bond donors (Lipinski definition) is 0. The van der Waals surface area contributed by atoms with E-state index in [1.54, 1.807) is 0 Å². The first-order valence-corrected chi connectivity index (χ1v) is 6.01. The zero-order valence-corrected chi connectivity index (χ0v) is 9.56. The molecular weight excluding hydrogens is 182 g/mol. The Hall–Kier alpha value is -0.0200. The molecule has 1 aliphatic heterocycles. The number of hydrogen-bond acceptors (Lipinski definition) is 3. The number of rotatable bonds is 3. The molecular formula is C10H19NOS. The van der Waals surface area contributed by atoms with Crippen LogP contribution in [0.5, 0.6) is 0 Å². The van der Waals surface area contributed by atoms with Gasteiger partial charge in [-0.3, -0.25) is 9.69 Å². The van der Waals surface area contributed by atoms with Crippen LogP contribution in [0.2, 0.25) is 0 Å². The van der Waals surface area contributed by atoms with Gasteiger partial charge in [0.2, 0.25) is 0 Å². The molecule has 0 bridgehead atoms. The average molecular weight is 201 g/mol. The van der Waals surface area contributed by atoms with Gasteiger partial charge in [-0.25, -0.2) is 0 Å². The Morgan fingerprint density at radius 2 is 2.31 bits per heavy atom. The van der Waals surface area contributed by atoms with Gasteiger partial charge in [-0.1, -0.05) is 20.8 Å². The Bertz CT molecular complexity index is 182. The van der Waals surface area contributed by atoms with E-state index in [2.05, 4.69) is 11.8 Å². The van der Waals surface area contributed by atoms with Gasteiger partial charge in [0, 0.05) is 30.0 Å². The molecule has 1 aliphatic rings. The molecule has 1 heterocycles. The van der Waals surface area contributed by atoms with Crippen molar-refractivity contribution in [1.29, 1.82) is 0 Å². The first-order chi connectivity index (χ1) is 6.09. The maximum absolute atomic E-state index is 11.5. The van der Waals surface area contributed by atoms with Crippen LogP contribution in [0.3, 0.4) is 0 Å². The zero-order chi connectivity index (χ0) is 9.84. The topological polar surface area (TPSA) is 20.3 Å². The van der Waals surface area contributed by atoms with Gasteiger partial charge in [0.25, 0.3) is 0 Å². The number of thioether (sulfide) groups is 1. The van der Waals surface area contributed by atoms with Crippen molar-refractivity contribution in [2.75, 3.05) is 25.4 Å². The molecule has 0 spiro atoms. The van der Waals surface area contributed by atoms with Gasteiger partial charge in [-0.15, -0.1) is 0 Å². The molecule has 0 aromatic carbocycles. The highest BCUT2D eigenvalue weighted by Crippen LogP contribution is 2.17. The Balaban J connectivity index is 2.31. The normalized spacial score (nSPS) is 25.1. The van der Waals surface area contributed by atoms with Crippen molar-refractivity contribution in [2.45, 2.75) is 26.0 Å². The Morgan fingerprint density at radius 1 is 1.62 bits per heavy atom. The van der Waals surface area contributed by atoms with E-state index in [9.17, 15) is 4.79 Å². The molecule has 1 fully saturated rings. The summed E-state index contributed by atoms with van der Waals surface area (Å²) in [5, 5.41) is 0.689. The highest BCUT2D eigenvalue weighted by Gasteiger charge is 2.19. The smallest absolute Gasteiger partial charge is 0.149 e. The van der Waals surface area contributed by atoms with E-state index in [0.29, 0.717) is 17.6 Å². The van der Waals surface area contributed by atoms with Crippen molar-refractivity contribution in [3.63, 3.8) is 0 Å². The quantitative estimate of drug-likeness (QED) is 0.692. The molecule has 0 radical (unpaired) electrons. The largest absolute Gasteiger partial charge is 0.298 e. The number of nitrogens with zero attached hydrogens (tertiary/aromatic N) is 1. The molecule has 0 amide bonds. The maximum Gasteiger partial charge on any atom is 0.149 e. The predicted molar refractivity (Wildman–Crippen MR) is 58.2 cm³/mol. The fraction of sp³-hybridized carbons (Fsp3) is 0.900. The van der Waals surface area contributed by atoms with Crippen LogP contribution in [0.15, 0.2) is 0 Å². The Kier molecular flexibility index (Phi) is 4.26. The molecule has 13 heavy (non-hydrogen) atoms. The van der Waals surface area contributed by atoms with Crippen LogP contribution in [0, 0.1) is 5.92 Å². The van der Waals surface area contributed by atoms with E-state index in [-0.39, 0.29) is 5.92 Å². The third kappa shape index (κ3) is 3.69. The fourth-order valence-electron chi connectivity index (χ4n) is 1.44. The summed E-state index contributed by atoms with van der Waals surface area (Å²) in [6.07, 6.45) is 0. The standard InChI is InChI=1S/C10H19NOS/c1-8(2)10(12)7-11-4-5-13-9(3)6-11/h8-9H,4-7H2,1-3H3. The Morgan fingerprint density at radius 3 is 2.85 bits per heavy atom. The lowest BCUT2D eigenvalue weighted by atomic mass is 10.1. The molecule has 1 saturated heterocycles. The van der Waals surface area contributed by atoms with Crippen molar-refractivity contribution in [1.82, 2.24) is 4.90 Å². The van der Waals surface area contributed by atoms with Crippen LogP contribution >= 0.6 is 11.8 Å². The van der Waals surface area contributed by atoms with Crippen molar-refractivity contribution in [3.05, 3.63) is 0 Å². The van der Waals surface area contributed by atoms with Crippen LogP contribution in [0.25, 0.3) is 0 Å². The lowest BCUT2D eigenvalue weighted by Gasteiger charge is -2.30. The minimum absolute atomic E-state index is 0.185. The number of Topliss-reactive ketones (excluding diaryl/α,β-unsaturated/α-hetero) is 1. The molecule has 0 saturated carbocycles. The summed E-state index contributed by atoms with van der Waals surface area (Å²) in [6, 6.07) is 0. The second kappa shape index (κ2) is 5.01. The summed E-state index contributed by atoms with van der Waals surface area (Å²) >= 11 is 2.00. The van der Waals surface area contributed by atoms with Crippen molar-refractivity contribution in [2.24, 2.45) is 5.92 Å². The molecule has 3 heteroatoms. The maximum atomic E-state index is 11.5. The second-order valence-electron chi connectivity index (χ2n) is 4.04. The van der Waals surface area contributed by atoms with E-state index in [0.717, 1.165) is 13.1 Å². The lowest BCUT2D eigenvalue weighted by Crippen LogP contribution is -2.40. The van der Waals surface area contributed by atoms with Crippen LogP contribution in [0.1, 0.15) is 20.8 Å². The van der Waals surface area contributed by atoms with E-state index >= 15 is 0 Å². The van der Waals surface area contributed by atoms with Gasteiger partial charge in [0.05, 0.1) is 6.54 Å². The molecule has 2 nitrogen and oxygen atoms in total. The summed E-state index contributed by atoms with van der Waals surface area (Å²) in [5.74, 6) is 1.73.